The minimum Gasteiger partial charge on any atom is -0.480 e. The van der Waals surface area contributed by atoms with Gasteiger partial charge in [-0.25, -0.2) is 9.18 Å². The van der Waals surface area contributed by atoms with Crippen LogP contribution in [0.4, 0.5) is 20.6 Å². The number of nitrogens with one attached hydrogen (secondary N) is 2. The molecule has 0 bridgehead atoms. The number of carboxylic acid groups (broad SMARTS) is 1. The summed E-state index contributed by atoms with van der Waals surface area (Å²) in [6.45, 7) is 5.01. The number of hydrogen-bond acceptors (Lipinski definition) is 5. The minimum atomic E-state index is -0.844. The molecule has 1 aliphatic heterocycles. The van der Waals surface area contributed by atoms with Crippen LogP contribution in [-0.2, 0) is 9.53 Å². The minimum absolute atomic E-state index is 0.000120. The van der Waals surface area contributed by atoms with Crippen molar-refractivity contribution in [2.24, 2.45) is 0 Å². The van der Waals surface area contributed by atoms with Crippen LogP contribution in [0.1, 0.15) is 19.8 Å². The summed E-state index contributed by atoms with van der Waals surface area (Å²) in [5.41, 5.74) is 1.20. The number of ether oxygens (including phenoxy) is 1. The number of urea groups is 1. The maximum atomic E-state index is 13.7. The fraction of sp³-hybridized carbons (Fsp3) is 0.579. The first-order valence-corrected chi connectivity index (χ1v) is 9.62. The molecular weight excluding hydrogens is 367 g/mol. The number of nitrogens with zero attached hydrogens (tertiary/aromatic N) is 2. The van der Waals surface area contributed by atoms with Crippen LogP contribution in [0.15, 0.2) is 18.2 Å². The largest absolute Gasteiger partial charge is 0.480 e. The summed E-state index contributed by atoms with van der Waals surface area (Å²) >= 11 is 0. The van der Waals surface area contributed by atoms with Crippen molar-refractivity contribution in [3.8, 4) is 0 Å². The maximum Gasteiger partial charge on any atom is 0.319 e. The summed E-state index contributed by atoms with van der Waals surface area (Å²) < 4.78 is 19.1. The molecule has 2 aliphatic rings. The van der Waals surface area contributed by atoms with Crippen molar-refractivity contribution in [1.29, 1.82) is 0 Å². The Hall–Kier alpha value is -2.39. The number of rotatable bonds is 7. The average Bonchev–Trinajstić information content (AvgIpc) is 2.64. The van der Waals surface area contributed by atoms with Crippen LogP contribution in [0, 0.1) is 5.82 Å². The average molecular weight is 394 g/mol. The molecule has 0 unspecified atom stereocenters. The molecule has 0 aromatic heterocycles. The van der Waals surface area contributed by atoms with Crippen LogP contribution in [0.5, 0.6) is 0 Å². The third kappa shape index (κ3) is 5.11. The molecule has 2 fully saturated rings. The molecule has 3 N–H and O–H groups in total. The highest BCUT2D eigenvalue weighted by atomic mass is 19.1. The van der Waals surface area contributed by atoms with E-state index in [0.717, 1.165) is 0 Å². The number of carbonyl (C=O) groups is 2. The Morgan fingerprint density at radius 1 is 1.32 bits per heavy atom. The van der Waals surface area contributed by atoms with Crippen molar-refractivity contribution in [2.45, 2.75) is 31.8 Å². The Morgan fingerprint density at radius 3 is 2.68 bits per heavy atom. The van der Waals surface area contributed by atoms with E-state index in [2.05, 4.69) is 10.6 Å². The number of halogens is 1. The first-order chi connectivity index (χ1) is 13.5. The maximum absolute atomic E-state index is 13.7. The van der Waals surface area contributed by atoms with Gasteiger partial charge in [0.25, 0.3) is 0 Å². The Balaban J connectivity index is 1.54. The van der Waals surface area contributed by atoms with Gasteiger partial charge in [0.05, 0.1) is 31.1 Å². The second kappa shape index (κ2) is 9.20. The van der Waals surface area contributed by atoms with Gasteiger partial charge in [0.1, 0.15) is 5.82 Å². The van der Waals surface area contributed by atoms with Gasteiger partial charge in [-0.05, 0) is 37.6 Å². The van der Waals surface area contributed by atoms with E-state index >= 15 is 0 Å². The topological polar surface area (TPSA) is 94.1 Å². The van der Waals surface area contributed by atoms with Crippen molar-refractivity contribution >= 4 is 23.4 Å². The summed E-state index contributed by atoms with van der Waals surface area (Å²) in [6.07, 6.45) is 1.43. The Kier molecular flexibility index (Phi) is 6.69. The van der Waals surface area contributed by atoms with Crippen molar-refractivity contribution in [3.05, 3.63) is 24.0 Å². The molecule has 9 heteroatoms. The van der Waals surface area contributed by atoms with Crippen molar-refractivity contribution in [2.75, 3.05) is 49.6 Å². The number of likely N-dealkylation sites (N-methyl/N-ethyl adjacent to an activating group) is 1. The summed E-state index contributed by atoms with van der Waals surface area (Å²) in [7, 11) is 0. The van der Waals surface area contributed by atoms with E-state index in [1.54, 1.807) is 6.07 Å². The van der Waals surface area contributed by atoms with E-state index in [4.69, 9.17) is 9.84 Å². The molecule has 0 spiro atoms. The smallest absolute Gasteiger partial charge is 0.319 e. The predicted molar refractivity (Wildman–Crippen MR) is 103 cm³/mol. The Morgan fingerprint density at radius 2 is 2.04 bits per heavy atom. The van der Waals surface area contributed by atoms with Gasteiger partial charge in [-0.3, -0.25) is 9.69 Å². The van der Waals surface area contributed by atoms with Gasteiger partial charge < -0.3 is 25.4 Å². The van der Waals surface area contributed by atoms with Gasteiger partial charge in [-0.2, -0.15) is 0 Å². The molecule has 1 heterocycles. The van der Waals surface area contributed by atoms with Crippen LogP contribution in [0.2, 0.25) is 0 Å². The van der Waals surface area contributed by atoms with Crippen molar-refractivity contribution < 1.29 is 23.8 Å². The third-order valence-electron chi connectivity index (χ3n) is 5.27. The molecule has 1 saturated carbocycles. The number of amides is 2. The first kappa shape index (κ1) is 20.3. The number of morpholine rings is 1. The monoisotopic (exact) mass is 394 g/mol. The van der Waals surface area contributed by atoms with Crippen molar-refractivity contribution in [3.63, 3.8) is 0 Å². The van der Waals surface area contributed by atoms with Gasteiger partial charge >= 0.3 is 12.0 Å². The van der Waals surface area contributed by atoms with E-state index in [-0.39, 0.29) is 30.5 Å². The van der Waals surface area contributed by atoms with Gasteiger partial charge in [0.2, 0.25) is 0 Å². The standard InChI is InChI=1S/C19H27FN4O4/c1-2-23(12-18(25)26)15-10-14(11-15)21-19(27)22-16-4-3-13(20)9-17(16)24-5-7-28-8-6-24/h3-4,9,14-15H,2,5-8,10-12H2,1H3,(H,25,26)(H2,21,22,27). The molecule has 1 aromatic carbocycles. The lowest BCUT2D eigenvalue weighted by atomic mass is 9.85. The summed E-state index contributed by atoms with van der Waals surface area (Å²) in [5, 5.41) is 14.7. The zero-order chi connectivity index (χ0) is 20.1. The molecule has 2 amide bonds. The molecule has 1 aromatic rings. The molecule has 3 rings (SSSR count). The van der Waals surface area contributed by atoms with Crippen LogP contribution < -0.4 is 15.5 Å². The molecule has 8 nitrogen and oxygen atoms in total. The Labute approximate surface area is 163 Å². The van der Waals surface area contributed by atoms with E-state index in [1.165, 1.54) is 12.1 Å². The fourth-order valence-corrected chi connectivity index (χ4v) is 3.70. The molecule has 154 valence electrons. The lowest BCUT2D eigenvalue weighted by Gasteiger charge is -2.42. The van der Waals surface area contributed by atoms with Gasteiger partial charge in [-0.15, -0.1) is 0 Å². The van der Waals surface area contributed by atoms with Crippen LogP contribution >= 0.6 is 0 Å². The van der Waals surface area contributed by atoms with E-state index < -0.39 is 5.97 Å². The number of anilines is 2. The molecule has 1 saturated heterocycles. The van der Waals surface area contributed by atoms with Crippen LogP contribution in [0.3, 0.4) is 0 Å². The molecule has 1 aliphatic carbocycles. The third-order valence-corrected chi connectivity index (χ3v) is 5.27. The quantitative estimate of drug-likeness (QED) is 0.652. The highest BCUT2D eigenvalue weighted by molar-refractivity contribution is 5.93. The van der Waals surface area contributed by atoms with E-state index in [1.807, 2.05) is 16.7 Å². The predicted octanol–water partition coefficient (Wildman–Crippen LogP) is 1.72. The summed E-state index contributed by atoms with van der Waals surface area (Å²) in [6, 6.07) is 4.14. The number of carbonyl (C=O) groups excluding carboxylic acids is 1. The fourth-order valence-electron chi connectivity index (χ4n) is 3.70. The van der Waals surface area contributed by atoms with E-state index in [0.29, 0.717) is 57.1 Å². The summed E-state index contributed by atoms with van der Waals surface area (Å²) in [4.78, 5) is 27.2. The normalized spacial score (nSPS) is 21.9. The number of benzene rings is 1. The van der Waals surface area contributed by atoms with Crippen LogP contribution in [0.25, 0.3) is 0 Å². The highest BCUT2D eigenvalue weighted by Crippen LogP contribution is 2.29. The van der Waals surface area contributed by atoms with Gasteiger partial charge in [0.15, 0.2) is 0 Å². The Bertz CT molecular complexity index is 705. The second-order valence-electron chi connectivity index (χ2n) is 7.14. The van der Waals surface area contributed by atoms with Gasteiger partial charge in [-0.1, -0.05) is 6.92 Å². The SMILES string of the molecule is CCN(CC(=O)O)C1CC(NC(=O)Nc2ccc(F)cc2N2CCOCC2)C1. The van der Waals surface area contributed by atoms with E-state index in [9.17, 15) is 14.0 Å². The first-order valence-electron chi connectivity index (χ1n) is 9.62. The highest BCUT2D eigenvalue weighted by Gasteiger charge is 2.34. The molecule has 0 radical (unpaired) electrons. The number of aliphatic carboxylic acids is 1. The second-order valence-corrected chi connectivity index (χ2v) is 7.14. The van der Waals surface area contributed by atoms with Crippen LogP contribution in [-0.4, -0.2) is 73.5 Å². The van der Waals surface area contributed by atoms with Gasteiger partial charge in [0, 0.05) is 25.2 Å². The number of hydrogen-bond donors (Lipinski definition) is 3. The molecular formula is C19H27FN4O4. The zero-order valence-corrected chi connectivity index (χ0v) is 16.0. The van der Waals surface area contributed by atoms with Crippen molar-refractivity contribution in [1.82, 2.24) is 10.2 Å². The lowest BCUT2D eigenvalue weighted by molar-refractivity contribution is -0.139. The number of carboxylic acids is 1. The lowest BCUT2D eigenvalue weighted by Crippen LogP contribution is -2.55. The molecule has 0 atom stereocenters. The molecule has 28 heavy (non-hydrogen) atoms. The summed E-state index contributed by atoms with van der Waals surface area (Å²) in [5.74, 6) is -1.20. The zero-order valence-electron chi connectivity index (χ0n) is 16.0.